The Kier molecular flexibility index (Phi) is 7.42. The van der Waals surface area contributed by atoms with E-state index in [1.54, 1.807) is 24.3 Å². The van der Waals surface area contributed by atoms with E-state index in [-0.39, 0.29) is 5.56 Å². The largest absolute Gasteiger partial charge is 0.465 e. The number of nitriles is 1. The van der Waals surface area contributed by atoms with Crippen LogP contribution in [0.25, 0.3) is 11.3 Å². The number of carbonyl (C=O) groups is 1. The van der Waals surface area contributed by atoms with Crippen molar-refractivity contribution in [1.29, 1.82) is 5.26 Å². The summed E-state index contributed by atoms with van der Waals surface area (Å²) >= 11 is 1.33. The minimum absolute atomic E-state index is 0.0418. The van der Waals surface area contributed by atoms with Crippen LogP contribution in [-0.4, -0.2) is 23.0 Å². The summed E-state index contributed by atoms with van der Waals surface area (Å²) in [5.41, 5.74) is 3.58. The van der Waals surface area contributed by atoms with Crippen molar-refractivity contribution in [2.75, 3.05) is 7.11 Å². The fourth-order valence-corrected chi connectivity index (χ4v) is 4.03. The van der Waals surface area contributed by atoms with Crippen LogP contribution in [0.5, 0.6) is 0 Å². The van der Waals surface area contributed by atoms with Crippen LogP contribution >= 0.6 is 11.8 Å². The number of benzene rings is 3. The molecule has 0 saturated heterocycles. The maximum Gasteiger partial charge on any atom is 0.337 e. The summed E-state index contributed by atoms with van der Waals surface area (Å²) in [5, 5.41) is 9.94. The highest BCUT2D eigenvalue weighted by molar-refractivity contribution is 7.98. The molecule has 1 heterocycles. The highest BCUT2D eigenvalue weighted by atomic mass is 32.2. The molecule has 0 unspecified atom stereocenters. The molecule has 0 fully saturated rings. The monoisotopic (exact) mass is 477 g/mol. The number of nitrogens with one attached hydrogen (secondary N) is 1. The molecular formula is C28H19N3O3S. The van der Waals surface area contributed by atoms with Crippen LogP contribution in [0.4, 0.5) is 0 Å². The third kappa shape index (κ3) is 5.86. The summed E-state index contributed by atoms with van der Waals surface area (Å²) < 4.78 is 4.71. The number of hydrogen-bond donors (Lipinski definition) is 1. The number of methoxy groups -OCH3 is 1. The lowest BCUT2D eigenvalue weighted by molar-refractivity contribution is 0.0600. The SMILES string of the molecule is COC(=O)c1ccc(CSc2nc(-c3ccc(C#Cc4ccccc4)cc3)c(C#N)c(=O)[nH]2)cc1. The Morgan fingerprint density at radius 3 is 2.26 bits per heavy atom. The number of aromatic amines is 1. The first-order chi connectivity index (χ1) is 17.1. The maximum atomic E-state index is 12.6. The average Bonchev–Trinajstić information content (AvgIpc) is 2.91. The van der Waals surface area contributed by atoms with E-state index in [0.29, 0.717) is 27.7 Å². The number of H-pyrrole nitrogens is 1. The van der Waals surface area contributed by atoms with Crippen LogP contribution in [0, 0.1) is 23.2 Å². The van der Waals surface area contributed by atoms with Crippen molar-refractivity contribution < 1.29 is 9.53 Å². The third-order valence-electron chi connectivity index (χ3n) is 5.04. The molecular weight excluding hydrogens is 458 g/mol. The summed E-state index contributed by atoms with van der Waals surface area (Å²) in [4.78, 5) is 31.4. The second-order valence-corrected chi connectivity index (χ2v) is 8.34. The number of rotatable bonds is 5. The summed E-state index contributed by atoms with van der Waals surface area (Å²) in [5.74, 6) is 6.33. The Hall–Kier alpha value is -4.59. The summed E-state index contributed by atoms with van der Waals surface area (Å²) in [6, 6.07) is 25.9. The Bertz CT molecular complexity index is 1510. The molecule has 0 aliphatic heterocycles. The van der Waals surface area contributed by atoms with Gasteiger partial charge in [-0.25, -0.2) is 9.78 Å². The molecule has 0 radical (unpaired) electrons. The van der Waals surface area contributed by atoms with Crippen molar-refractivity contribution in [2.45, 2.75) is 10.9 Å². The molecule has 0 saturated carbocycles. The van der Waals surface area contributed by atoms with E-state index in [1.807, 2.05) is 60.7 Å². The lowest BCUT2D eigenvalue weighted by atomic mass is 10.1. The van der Waals surface area contributed by atoms with E-state index >= 15 is 0 Å². The van der Waals surface area contributed by atoms with Gasteiger partial charge in [-0.2, -0.15) is 5.26 Å². The van der Waals surface area contributed by atoms with E-state index in [9.17, 15) is 14.9 Å². The van der Waals surface area contributed by atoms with Gasteiger partial charge < -0.3 is 9.72 Å². The van der Waals surface area contributed by atoms with Crippen molar-refractivity contribution >= 4 is 17.7 Å². The molecule has 7 heteroatoms. The molecule has 0 spiro atoms. The van der Waals surface area contributed by atoms with E-state index in [1.165, 1.54) is 18.9 Å². The van der Waals surface area contributed by atoms with Crippen molar-refractivity contribution in [1.82, 2.24) is 9.97 Å². The first kappa shape index (κ1) is 23.6. The molecule has 0 atom stereocenters. The van der Waals surface area contributed by atoms with Gasteiger partial charge in [0.25, 0.3) is 5.56 Å². The number of esters is 1. The first-order valence-corrected chi connectivity index (χ1v) is 11.6. The number of thioether (sulfide) groups is 1. The van der Waals surface area contributed by atoms with E-state index in [0.717, 1.165) is 16.7 Å². The van der Waals surface area contributed by atoms with Crippen LogP contribution in [0.2, 0.25) is 0 Å². The van der Waals surface area contributed by atoms with E-state index in [4.69, 9.17) is 4.74 Å². The average molecular weight is 478 g/mol. The molecule has 6 nitrogen and oxygen atoms in total. The maximum absolute atomic E-state index is 12.6. The topological polar surface area (TPSA) is 95.8 Å². The number of ether oxygens (including phenoxy) is 1. The number of carbonyl (C=O) groups excluding carboxylic acids is 1. The van der Waals surface area contributed by atoms with Gasteiger partial charge in [0.1, 0.15) is 11.6 Å². The zero-order valence-electron chi connectivity index (χ0n) is 18.7. The molecule has 3 aromatic carbocycles. The predicted molar refractivity (Wildman–Crippen MR) is 135 cm³/mol. The Morgan fingerprint density at radius 1 is 0.971 bits per heavy atom. The van der Waals surface area contributed by atoms with Crippen LogP contribution in [0.15, 0.2) is 88.8 Å². The molecule has 0 amide bonds. The van der Waals surface area contributed by atoms with Crippen molar-refractivity contribution in [3.63, 3.8) is 0 Å². The zero-order chi connectivity index (χ0) is 24.6. The fraction of sp³-hybridized carbons (Fsp3) is 0.0714. The van der Waals surface area contributed by atoms with Gasteiger partial charge >= 0.3 is 5.97 Å². The standard InChI is InChI=1S/C28H19N3O3S/c1-34-27(33)23-15-11-21(12-16-23)18-35-28-30-25(24(17-29)26(32)31-28)22-13-9-20(10-14-22)8-7-19-5-3-2-4-6-19/h2-6,9-16H,18H2,1H3,(H,30,31,32). The predicted octanol–water partition coefficient (Wildman–Crippen LogP) is 4.79. The summed E-state index contributed by atoms with van der Waals surface area (Å²) in [6.45, 7) is 0. The molecule has 170 valence electrons. The smallest absolute Gasteiger partial charge is 0.337 e. The number of hydrogen-bond acceptors (Lipinski definition) is 6. The lowest BCUT2D eigenvalue weighted by Gasteiger charge is -2.07. The first-order valence-electron chi connectivity index (χ1n) is 10.6. The number of aromatic nitrogens is 2. The molecule has 0 aliphatic rings. The van der Waals surface area contributed by atoms with Gasteiger partial charge in [0, 0.05) is 22.4 Å². The second-order valence-electron chi connectivity index (χ2n) is 7.38. The highest BCUT2D eigenvalue weighted by Gasteiger charge is 2.14. The summed E-state index contributed by atoms with van der Waals surface area (Å²) in [6.07, 6.45) is 0. The zero-order valence-corrected chi connectivity index (χ0v) is 19.6. The van der Waals surface area contributed by atoms with Gasteiger partial charge in [-0.1, -0.05) is 66.1 Å². The van der Waals surface area contributed by atoms with Crippen LogP contribution in [-0.2, 0) is 10.5 Å². The molecule has 4 rings (SSSR count). The van der Waals surface area contributed by atoms with Crippen LogP contribution in [0.3, 0.4) is 0 Å². The van der Waals surface area contributed by atoms with Gasteiger partial charge in [0.05, 0.1) is 18.4 Å². The van der Waals surface area contributed by atoms with Crippen molar-refractivity contribution in [3.8, 4) is 29.2 Å². The van der Waals surface area contributed by atoms with Crippen LogP contribution < -0.4 is 5.56 Å². The molecule has 1 N–H and O–H groups in total. The molecule has 1 aromatic heterocycles. The van der Waals surface area contributed by atoms with Gasteiger partial charge in [-0.3, -0.25) is 4.79 Å². The molecule has 35 heavy (non-hydrogen) atoms. The van der Waals surface area contributed by atoms with Gasteiger partial charge in [-0.05, 0) is 42.0 Å². The minimum Gasteiger partial charge on any atom is -0.465 e. The van der Waals surface area contributed by atoms with Crippen molar-refractivity contribution in [3.05, 3.63) is 117 Å². The molecule has 0 aliphatic carbocycles. The molecule has 4 aromatic rings. The van der Waals surface area contributed by atoms with E-state index in [2.05, 4.69) is 21.8 Å². The quantitative estimate of drug-likeness (QED) is 0.192. The van der Waals surface area contributed by atoms with Gasteiger partial charge in [0.15, 0.2) is 5.16 Å². The Labute approximate surface area is 206 Å². The van der Waals surface area contributed by atoms with Crippen LogP contribution in [0.1, 0.15) is 32.6 Å². The Balaban J connectivity index is 1.55. The minimum atomic E-state index is -0.492. The third-order valence-corrected chi connectivity index (χ3v) is 5.99. The normalized spacial score (nSPS) is 10.1. The van der Waals surface area contributed by atoms with Gasteiger partial charge in [-0.15, -0.1) is 0 Å². The molecule has 0 bridgehead atoms. The Morgan fingerprint density at radius 2 is 1.63 bits per heavy atom. The van der Waals surface area contributed by atoms with Crippen molar-refractivity contribution in [2.24, 2.45) is 0 Å². The highest BCUT2D eigenvalue weighted by Crippen LogP contribution is 2.24. The second kappa shape index (κ2) is 11.0. The van der Waals surface area contributed by atoms with E-state index < -0.39 is 11.5 Å². The van der Waals surface area contributed by atoms with Gasteiger partial charge in [0.2, 0.25) is 0 Å². The lowest BCUT2D eigenvalue weighted by Crippen LogP contribution is -2.14. The fourth-order valence-electron chi connectivity index (χ4n) is 3.22. The number of nitrogens with zero attached hydrogens (tertiary/aromatic N) is 2. The summed E-state index contributed by atoms with van der Waals surface area (Å²) in [7, 11) is 1.34.